The zero-order chi connectivity index (χ0) is 17.4. The number of morpholine rings is 1. The maximum absolute atomic E-state index is 13.2. The van der Waals surface area contributed by atoms with Crippen LogP contribution >= 0.6 is 0 Å². The van der Waals surface area contributed by atoms with E-state index in [1.165, 1.54) is 30.3 Å². The Morgan fingerprint density at radius 3 is 2.58 bits per heavy atom. The second-order valence-electron chi connectivity index (χ2n) is 5.42. The summed E-state index contributed by atoms with van der Waals surface area (Å²) in [5.74, 6) is 0.00329. The molecular weight excluding hydrogens is 335 g/mol. The summed E-state index contributed by atoms with van der Waals surface area (Å²) in [6, 6.07) is 6.01. The fourth-order valence-electron chi connectivity index (χ4n) is 2.27. The molecular formula is C16H23FN2O4S. The molecule has 134 valence electrons. The van der Waals surface area contributed by atoms with Crippen molar-refractivity contribution in [1.82, 2.24) is 4.90 Å². The first-order valence-corrected chi connectivity index (χ1v) is 9.47. The average molecular weight is 358 g/mol. The van der Waals surface area contributed by atoms with Crippen LogP contribution in [0.2, 0.25) is 0 Å². The lowest BCUT2D eigenvalue weighted by Crippen LogP contribution is -2.39. The van der Waals surface area contributed by atoms with E-state index in [9.17, 15) is 12.8 Å². The van der Waals surface area contributed by atoms with Crippen LogP contribution in [0.1, 0.15) is 0 Å². The van der Waals surface area contributed by atoms with E-state index in [1.807, 2.05) is 0 Å². The van der Waals surface area contributed by atoms with Gasteiger partial charge in [0.1, 0.15) is 18.2 Å². The SMILES string of the molecule is NCC=C(F)COc1ccc(S(=O)(=O)CCN2CCOCC2)cc1. The molecule has 1 aliphatic rings. The first kappa shape index (κ1) is 18.9. The van der Waals surface area contributed by atoms with Gasteiger partial charge in [0.15, 0.2) is 9.84 Å². The first-order valence-electron chi connectivity index (χ1n) is 7.81. The number of sulfone groups is 1. The van der Waals surface area contributed by atoms with Gasteiger partial charge in [0.05, 0.1) is 23.9 Å². The molecule has 6 nitrogen and oxygen atoms in total. The first-order chi connectivity index (χ1) is 11.5. The van der Waals surface area contributed by atoms with Gasteiger partial charge in [-0.25, -0.2) is 12.8 Å². The molecule has 1 fully saturated rings. The zero-order valence-electron chi connectivity index (χ0n) is 13.5. The molecule has 0 amide bonds. The Morgan fingerprint density at radius 1 is 1.29 bits per heavy atom. The third-order valence-electron chi connectivity index (χ3n) is 3.68. The van der Waals surface area contributed by atoms with Crippen molar-refractivity contribution in [3.05, 3.63) is 36.2 Å². The van der Waals surface area contributed by atoms with E-state index in [2.05, 4.69) is 4.90 Å². The topological polar surface area (TPSA) is 81.9 Å². The van der Waals surface area contributed by atoms with Gasteiger partial charge in [0, 0.05) is 26.2 Å². The molecule has 2 N–H and O–H groups in total. The van der Waals surface area contributed by atoms with Crippen molar-refractivity contribution in [2.45, 2.75) is 4.90 Å². The summed E-state index contributed by atoms with van der Waals surface area (Å²) in [7, 11) is -3.36. The highest BCUT2D eigenvalue weighted by Crippen LogP contribution is 2.18. The Bertz CT molecular complexity index is 641. The minimum atomic E-state index is -3.36. The Kier molecular flexibility index (Phi) is 7.16. The van der Waals surface area contributed by atoms with Gasteiger partial charge in [-0.2, -0.15) is 0 Å². The maximum Gasteiger partial charge on any atom is 0.179 e. The molecule has 0 saturated carbocycles. The quantitative estimate of drug-likeness (QED) is 0.746. The van der Waals surface area contributed by atoms with Gasteiger partial charge in [-0.15, -0.1) is 0 Å². The van der Waals surface area contributed by atoms with Gasteiger partial charge in [-0.05, 0) is 30.3 Å². The van der Waals surface area contributed by atoms with E-state index in [0.717, 1.165) is 13.1 Å². The number of hydrogen-bond donors (Lipinski definition) is 1. The minimum absolute atomic E-state index is 0.0566. The molecule has 1 heterocycles. The summed E-state index contributed by atoms with van der Waals surface area (Å²) in [5, 5.41) is 0. The summed E-state index contributed by atoms with van der Waals surface area (Å²) in [6.45, 7) is 3.16. The van der Waals surface area contributed by atoms with Crippen molar-refractivity contribution in [2.75, 3.05) is 51.8 Å². The Labute approximate surface area is 142 Å². The van der Waals surface area contributed by atoms with Crippen LogP contribution in [0.25, 0.3) is 0 Å². The van der Waals surface area contributed by atoms with E-state index in [1.54, 1.807) is 0 Å². The average Bonchev–Trinajstić information content (AvgIpc) is 2.60. The summed E-state index contributed by atoms with van der Waals surface area (Å²) in [6.07, 6.45) is 1.23. The van der Waals surface area contributed by atoms with E-state index < -0.39 is 15.7 Å². The van der Waals surface area contributed by atoms with E-state index >= 15 is 0 Å². The second kappa shape index (κ2) is 9.12. The third-order valence-corrected chi connectivity index (χ3v) is 5.39. The molecule has 1 aliphatic heterocycles. The van der Waals surface area contributed by atoms with E-state index in [4.69, 9.17) is 15.2 Å². The van der Waals surface area contributed by atoms with Gasteiger partial charge in [0.25, 0.3) is 0 Å². The molecule has 0 spiro atoms. The third kappa shape index (κ3) is 5.86. The number of nitrogens with two attached hydrogens (primary N) is 1. The Hall–Kier alpha value is -1.48. The van der Waals surface area contributed by atoms with Crippen LogP contribution in [-0.2, 0) is 14.6 Å². The van der Waals surface area contributed by atoms with E-state index in [0.29, 0.717) is 25.5 Å². The maximum atomic E-state index is 13.2. The van der Waals surface area contributed by atoms with Crippen molar-refractivity contribution in [3.63, 3.8) is 0 Å². The van der Waals surface area contributed by atoms with Crippen LogP contribution in [-0.4, -0.2) is 65.1 Å². The molecule has 0 aliphatic carbocycles. The molecule has 0 unspecified atom stereocenters. The highest BCUT2D eigenvalue weighted by molar-refractivity contribution is 7.91. The fourth-order valence-corrected chi connectivity index (χ4v) is 3.56. The van der Waals surface area contributed by atoms with E-state index in [-0.39, 0.29) is 23.8 Å². The van der Waals surface area contributed by atoms with Crippen LogP contribution in [0.4, 0.5) is 4.39 Å². The fraction of sp³-hybridized carbons (Fsp3) is 0.500. The van der Waals surface area contributed by atoms with Crippen molar-refractivity contribution in [1.29, 1.82) is 0 Å². The molecule has 1 aromatic carbocycles. The standard InChI is InChI=1S/C16H23FN2O4S/c17-14(5-6-18)13-23-15-1-3-16(4-2-15)24(20,21)12-9-19-7-10-22-11-8-19/h1-5H,6-13,18H2. The molecule has 1 saturated heterocycles. The predicted octanol–water partition coefficient (Wildman–Crippen LogP) is 0.983. The normalized spacial score (nSPS) is 17.0. The predicted molar refractivity (Wildman–Crippen MR) is 89.5 cm³/mol. The summed E-state index contributed by atoms with van der Waals surface area (Å²) < 4.78 is 48.4. The molecule has 1 aromatic rings. The molecule has 8 heteroatoms. The lowest BCUT2D eigenvalue weighted by atomic mass is 10.3. The van der Waals surface area contributed by atoms with Crippen LogP contribution < -0.4 is 10.5 Å². The smallest absolute Gasteiger partial charge is 0.179 e. The van der Waals surface area contributed by atoms with Crippen molar-refractivity contribution in [2.24, 2.45) is 5.73 Å². The largest absolute Gasteiger partial charge is 0.487 e. The van der Waals surface area contributed by atoms with Crippen LogP contribution in [0.3, 0.4) is 0 Å². The number of hydrogen-bond acceptors (Lipinski definition) is 6. The van der Waals surface area contributed by atoms with Crippen molar-refractivity contribution < 1.29 is 22.3 Å². The zero-order valence-corrected chi connectivity index (χ0v) is 14.3. The number of rotatable bonds is 8. The van der Waals surface area contributed by atoms with Crippen LogP contribution in [0, 0.1) is 0 Å². The second-order valence-corrected chi connectivity index (χ2v) is 7.53. The number of nitrogens with zero attached hydrogens (tertiary/aromatic N) is 1. The molecule has 0 aromatic heterocycles. The lowest BCUT2D eigenvalue weighted by molar-refractivity contribution is 0.0408. The summed E-state index contributed by atoms with van der Waals surface area (Å²) in [4.78, 5) is 2.31. The molecule has 2 rings (SSSR count). The van der Waals surface area contributed by atoms with Gasteiger partial charge in [-0.1, -0.05) is 0 Å². The molecule has 0 bridgehead atoms. The van der Waals surface area contributed by atoms with Crippen molar-refractivity contribution >= 4 is 9.84 Å². The summed E-state index contributed by atoms with van der Waals surface area (Å²) in [5.41, 5.74) is 5.20. The Balaban J connectivity index is 1.89. The lowest BCUT2D eigenvalue weighted by Gasteiger charge is -2.26. The van der Waals surface area contributed by atoms with Gasteiger partial charge >= 0.3 is 0 Å². The monoisotopic (exact) mass is 358 g/mol. The number of halogens is 1. The van der Waals surface area contributed by atoms with Gasteiger partial charge in [0.2, 0.25) is 0 Å². The number of ether oxygens (including phenoxy) is 2. The highest BCUT2D eigenvalue weighted by atomic mass is 32.2. The highest BCUT2D eigenvalue weighted by Gasteiger charge is 2.18. The molecule has 0 radical (unpaired) electrons. The van der Waals surface area contributed by atoms with Crippen molar-refractivity contribution in [3.8, 4) is 5.75 Å². The Morgan fingerprint density at radius 2 is 1.96 bits per heavy atom. The van der Waals surface area contributed by atoms with Crippen LogP contribution in [0.15, 0.2) is 41.1 Å². The molecule has 24 heavy (non-hydrogen) atoms. The minimum Gasteiger partial charge on any atom is -0.487 e. The number of benzene rings is 1. The molecule has 0 atom stereocenters. The van der Waals surface area contributed by atoms with Gasteiger partial charge in [-0.3, -0.25) is 4.90 Å². The van der Waals surface area contributed by atoms with Gasteiger partial charge < -0.3 is 15.2 Å². The van der Waals surface area contributed by atoms with Crippen LogP contribution in [0.5, 0.6) is 5.75 Å². The summed E-state index contributed by atoms with van der Waals surface area (Å²) >= 11 is 0.